The Morgan fingerprint density at radius 3 is 2.64 bits per heavy atom. The summed E-state index contributed by atoms with van der Waals surface area (Å²) in [7, 11) is 2.12. The molecule has 3 aromatic carbocycles. The summed E-state index contributed by atoms with van der Waals surface area (Å²) in [5.74, 6) is 0. The van der Waals surface area contributed by atoms with Gasteiger partial charge in [-0.2, -0.15) is 5.26 Å². The predicted octanol–water partition coefficient (Wildman–Crippen LogP) is 5.50. The topological polar surface area (TPSA) is 28.7 Å². The number of benzene rings is 3. The first-order chi connectivity index (χ1) is 12.3. The van der Waals surface area contributed by atoms with Crippen LogP contribution >= 0.6 is 11.8 Å². The van der Waals surface area contributed by atoms with Crippen LogP contribution in [0.5, 0.6) is 0 Å². The Kier molecular flexibility index (Phi) is 3.01. The number of aromatic nitrogens is 1. The third kappa shape index (κ3) is 1.75. The summed E-state index contributed by atoms with van der Waals surface area (Å²) in [6, 6.07) is 19.6. The third-order valence-corrected chi connectivity index (χ3v) is 6.23. The van der Waals surface area contributed by atoms with E-state index in [9.17, 15) is 5.26 Å². The fraction of sp³-hybridized carbons (Fsp3) is 0.136. The molecular weight excluding hydrogens is 324 g/mol. The van der Waals surface area contributed by atoms with Crippen molar-refractivity contribution in [1.82, 2.24) is 4.57 Å². The lowest BCUT2D eigenvalue weighted by Gasteiger charge is -2.13. The Morgan fingerprint density at radius 2 is 1.84 bits per heavy atom. The van der Waals surface area contributed by atoms with Gasteiger partial charge in [0.1, 0.15) is 6.07 Å². The molecule has 0 bridgehead atoms. The molecule has 0 saturated carbocycles. The summed E-state index contributed by atoms with van der Waals surface area (Å²) in [5.41, 5.74) is 8.49. The van der Waals surface area contributed by atoms with Crippen molar-refractivity contribution >= 4 is 33.6 Å². The van der Waals surface area contributed by atoms with E-state index in [1.165, 1.54) is 38.7 Å². The first kappa shape index (κ1) is 14.6. The van der Waals surface area contributed by atoms with E-state index in [1.54, 1.807) is 11.8 Å². The Hall–Kier alpha value is -2.70. The smallest absolute Gasteiger partial charge is 0.101 e. The second-order valence-corrected chi connectivity index (χ2v) is 7.32. The van der Waals surface area contributed by atoms with Crippen LogP contribution < -0.4 is 0 Å². The molecule has 0 aliphatic heterocycles. The fourth-order valence-corrected chi connectivity index (χ4v) is 5.13. The number of thioether (sulfide) groups is 1. The van der Waals surface area contributed by atoms with Crippen molar-refractivity contribution < 1.29 is 0 Å². The molecular formula is C22H16N2S. The highest BCUT2D eigenvalue weighted by molar-refractivity contribution is 7.98. The lowest BCUT2D eigenvalue weighted by molar-refractivity contribution is 1.01. The van der Waals surface area contributed by atoms with E-state index in [0.717, 1.165) is 22.3 Å². The second-order valence-electron chi connectivity index (χ2n) is 6.51. The van der Waals surface area contributed by atoms with Crippen molar-refractivity contribution in [2.45, 2.75) is 11.3 Å². The first-order valence-corrected chi connectivity index (χ1v) is 9.57. The normalized spacial score (nSPS) is 12.4. The number of hydrogen-bond donors (Lipinski definition) is 0. The Morgan fingerprint density at radius 1 is 1.08 bits per heavy atom. The predicted molar refractivity (Wildman–Crippen MR) is 105 cm³/mol. The molecule has 0 atom stereocenters. The fourth-order valence-electron chi connectivity index (χ4n) is 4.36. The van der Waals surface area contributed by atoms with Crippen LogP contribution in [0.3, 0.4) is 0 Å². The Labute approximate surface area is 150 Å². The molecule has 5 rings (SSSR count). The van der Waals surface area contributed by atoms with Gasteiger partial charge >= 0.3 is 0 Å². The van der Waals surface area contributed by atoms with Gasteiger partial charge in [-0.15, -0.1) is 11.8 Å². The van der Waals surface area contributed by atoms with E-state index in [1.807, 2.05) is 0 Å². The van der Waals surface area contributed by atoms with Gasteiger partial charge in [0.15, 0.2) is 0 Å². The maximum Gasteiger partial charge on any atom is 0.101 e. The van der Waals surface area contributed by atoms with E-state index in [2.05, 4.69) is 72.5 Å². The van der Waals surface area contributed by atoms with Crippen molar-refractivity contribution in [2.24, 2.45) is 7.05 Å². The summed E-state index contributed by atoms with van der Waals surface area (Å²) in [6.07, 6.45) is 2.99. The zero-order valence-corrected chi connectivity index (χ0v) is 14.9. The van der Waals surface area contributed by atoms with Gasteiger partial charge in [0.05, 0.1) is 11.1 Å². The molecule has 0 N–H and O–H groups in total. The molecule has 1 aromatic heterocycles. The number of hydrogen-bond acceptors (Lipinski definition) is 2. The summed E-state index contributed by atoms with van der Waals surface area (Å²) < 4.78 is 2.26. The molecule has 1 aliphatic rings. The maximum absolute atomic E-state index is 9.99. The van der Waals surface area contributed by atoms with Gasteiger partial charge in [0.25, 0.3) is 0 Å². The number of nitriles is 1. The summed E-state index contributed by atoms with van der Waals surface area (Å²) >= 11 is 1.70. The van der Waals surface area contributed by atoms with E-state index >= 15 is 0 Å². The van der Waals surface area contributed by atoms with Gasteiger partial charge in [0.2, 0.25) is 0 Å². The number of para-hydroxylation sites is 1. The van der Waals surface area contributed by atoms with Crippen LogP contribution in [0.1, 0.15) is 16.7 Å². The van der Waals surface area contributed by atoms with Crippen molar-refractivity contribution in [3.8, 4) is 17.2 Å². The van der Waals surface area contributed by atoms with Gasteiger partial charge in [-0.25, -0.2) is 0 Å². The van der Waals surface area contributed by atoms with Crippen molar-refractivity contribution in [2.75, 3.05) is 6.26 Å². The largest absolute Gasteiger partial charge is 0.343 e. The first-order valence-electron chi connectivity index (χ1n) is 8.34. The highest BCUT2D eigenvalue weighted by atomic mass is 32.2. The van der Waals surface area contributed by atoms with Crippen LogP contribution in [0.25, 0.3) is 32.9 Å². The molecule has 3 heteroatoms. The summed E-state index contributed by atoms with van der Waals surface area (Å²) in [6.45, 7) is 0. The molecule has 120 valence electrons. The van der Waals surface area contributed by atoms with Crippen LogP contribution in [0.4, 0.5) is 0 Å². The van der Waals surface area contributed by atoms with Crippen molar-refractivity contribution in [3.05, 3.63) is 65.2 Å². The average molecular weight is 340 g/mol. The molecule has 0 radical (unpaired) electrons. The zero-order chi connectivity index (χ0) is 17.1. The van der Waals surface area contributed by atoms with Crippen LogP contribution in [0.15, 0.2) is 53.4 Å². The molecule has 0 spiro atoms. The lowest BCUT2D eigenvalue weighted by Crippen LogP contribution is -1.95. The van der Waals surface area contributed by atoms with Crippen molar-refractivity contribution in [1.29, 1.82) is 5.26 Å². The molecule has 0 unspecified atom stereocenters. The number of aryl methyl sites for hydroxylation is 1. The van der Waals surface area contributed by atoms with E-state index in [4.69, 9.17) is 0 Å². The molecule has 4 aromatic rings. The zero-order valence-electron chi connectivity index (χ0n) is 14.1. The molecule has 1 aliphatic carbocycles. The summed E-state index contributed by atoms with van der Waals surface area (Å²) in [5, 5.41) is 12.3. The van der Waals surface area contributed by atoms with Crippen molar-refractivity contribution in [3.63, 3.8) is 0 Å². The monoisotopic (exact) mass is 340 g/mol. The average Bonchev–Trinajstić information content (AvgIpc) is 3.17. The third-order valence-electron chi connectivity index (χ3n) is 5.37. The van der Waals surface area contributed by atoms with E-state index in [0.29, 0.717) is 0 Å². The minimum Gasteiger partial charge on any atom is -0.343 e. The van der Waals surface area contributed by atoms with Gasteiger partial charge < -0.3 is 4.57 Å². The Bertz CT molecular complexity index is 1220. The second kappa shape index (κ2) is 5.15. The van der Waals surface area contributed by atoms with Gasteiger partial charge in [0, 0.05) is 33.8 Å². The molecule has 0 amide bonds. The highest BCUT2D eigenvalue weighted by Crippen LogP contribution is 2.49. The summed E-state index contributed by atoms with van der Waals surface area (Å²) in [4.78, 5) is 1.14. The van der Waals surface area contributed by atoms with Crippen LogP contribution in [0, 0.1) is 11.3 Å². The lowest BCUT2D eigenvalue weighted by atomic mass is 9.97. The molecule has 0 saturated heterocycles. The number of nitrogens with zero attached hydrogens (tertiary/aromatic N) is 2. The standard InChI is InChI=1S/C22H16N2S/c1-24-18-10-6-5-9-15(18)20-17(12-23)22(25-2)16-11-13-7-3-4-8-14(13)19(16)21(20)24/h3-10H,11H2,1-2H3. The van der Waals surface area contributed by atoms with Gasteiger partial charge in [-0.05, 0) is 35.4 Å². The Balaban J connectivity index is 2.12. The molecule has 25 heavy (non-hydrogen) atoms. The van der Waals surface area contributed by atoms with Crippen LogP contribution in [-0.2, 0) is 13.5 Å². The van der Waals surface area contributed by atoms with Crippen LogP contribution in [0.2, 0.25) is 0 Å². The highest BCUT2D eigenvalue weighted by Gasteiger charge is 2.29. The van der Waals surface area contributed by atoms with E-state index in [-0.39, 0.29) is 0 Å². The quantitative estimate of drug-likeness (QED) is 0.377. The minimum atomic E-state index is 0.825. The van der Waals surface area contributed by atoms with Gasteiger partial charge in [-0.3, -0.25) is 0 Å². The van der Waals surface area contributed by atoms with Gasteiger partial charge in [-0.1, -0.05) is 42.5 Å². The SMILES string of the molecule is CSc1c2c(c3c(c1C#N)c1ccccc1n3C)-c1ccccc1C2. The molecule has 1 heterocycles. The molecule has 0 fully saturated rings. The van der Waals surface area contributed by atoms with E-state index < -0.39 is 0 Å². The number of rotatable bonds is 1. The minimum absolute atomic E-state index is 0.825. The maximum atomic E-state index is 9.99. The molecule has 2 nitrogen and oxygen atoms in total. The van der Waals surface area contributed by atoms with Crippen LogP contribution in [-0.4, -0.2) is 10.8 Å². The number of fused-ring (bicyclic) bond motifs is 7.